The van der Waals surface area contributed by atoms with Gasteiger partial charge in [0.15, 0.2) is 0 Å². The van der Waals surface area contributed by atoms with E-state index in [1.807, 2.05) is 13.8 Å². The van der Waals surface area contributed by atoms with Crippen molar-refractivity contribution in [2.45, 2.75) is 46.1 Å². The number of hydrogen-bond acceptors (Lipinski definition) is 2. The lowest BCUT2D eigenvalue weighted by molar-refractivity contribution is 0.450. The first kappa shape index (κ1) is 11.9. The average Bonchev–Trinajstić information content (AvgIpc) is 1.83. The van der Waals surface area contributed by atoms with Gasteiger partial charge in [-0.2, -0.15) is 0 Å². The monoisotopic (exact) mass is 172 g/mol. The van der Waals surface area contributed by atoms with E-state index in [0.29, 0.717) is 0 Å². The topological polar surface area (TPSA) is 38.0 Å². The van der Waals surface area contributed by atoms with Gasteiger partial charge in [-0.15, -0.1) is 0 Å². The van der Waals surface area contributed by atoms with Gasteiger partial charge in [0.05, 0.1) is 0 Å². The Kier molecular flexibility index (Phi) is 5.51. The molecule has 0 atom stereocenters. The Bertz CT molecular complexity index is 103. The minimum absolute atomic E-state index is 0.0716. The van der Waals surface area contributed by atoms with E-state index in [2.05, 4.69) is 19.2 Å². The summed E-state index contributed by atoms with van der Waals surface area (Å²) >= 11 is 0. The highest BCUT2D eigenvalue weighted by Gasteiger charge is 2.08. The molecule has 0 aromatic carbocycles. The average molecular weight is 172 g/mol. The molecule has 2 heteroatoms. The summed E-state index contributed by atoms with van der Waals surface area (Å²) in [5.41, 5.74) is 5.74. The molecule has 3 N–H and O–H groups in total. The fourth-order valence-corrected chi connectivity index (χ4v) is 1.05. The van der Waals surface area contributed by atoms with Crippen molar-refractivity contribution in [3.05, 3.63) is 0 Å². The standard InChI is InChI=1S/C10H24N2/c1-9(2)6-5-7-12-8-10(3,4)11/h9,12H,5-8,11H2,1-4H3. The largest absolute Gasteiger partial charge is 0.324 e. The molecule has 0 spiro atoms. The minimum atomic E-state index is -0.0716. The second kappa shape index (κ2) is 5.55. The Morgan fingerprint density at radius 2 is 1.92 bits per heavy atom. The SMILES string of the molecule is CC(C)CCCNCC(C)(C)N. The molecule has 0 aliphatic carbocycles. The zero-order valence-corrected chi connectivity index (χ0v) is 8.98. The highest BCUT2D eigenvalue weighted by atomic mass is 14.9. The van der Waals surface area contributed by atoms with Crippen LogP contribution in [0.4, 0.5) is 0 Å². The van der Waals surface area contributed by atoms with E-state index in [1.54, 1.807) is 0 Å². The molecule has 0 rings (SSSR count). The van der Waals surface area contributed by atoms with Gasteiger partial charge in [0.25, 0.3) is 0 Å². The fourth-order valence-electron chi connectivity index (χ4n) is 1.05. The Labute approximate surface area is 76.9 Å². The quantitative estimate of drug-likeness (QED) is 0.599. The fraction of sp³-hybridized carbons (Fsp3) is 1.00. The van der Waals surface area contributed by atoms with Gasteiger partial charge < -0.3 is 11.1 Å². The lowest BCUT2D eigenvalue weighted by Crippen LogP contribution is -2.43. The number of rotatable bonds is 6. The third kappa shape index (κ3) is 9.92. The highest BCUT2D eigenvalue weighted by Crippen LogP contribution is 2.02. The summed E-state index contributed by atoms with van der Waals surface area (Å²) in [4.78, 5) is 0. The van der Waals surface area contributed by atoms with Crippen LogP contribution in [0.25, 0.3) is 0 Å². The van der Waals surface area contributed by atoms with E-state index in [9.17, 15) is 0 Å². The molecule has 0 aliphatic rings. The molecule has 0 saturated carbocycles. The van der Waals surface area contributed by atoms with E-state index in [4.69, 9.17) is 5.73 Å². The predicted octanol–water partition coefficient (Wildman–Crippen LogP) is 1.75. The van der Waals surface area contributed by atoms with Crippen molar-refractivity contribution in [3.63, 3.8) is 0 Å². The van der Waals surface area contributed by atoms with Gasteiger partial charge in [0.1, 0.15) is 0 Å². The molecular formula is C10H24N2. The van der Waals surface area contributed by atoms with Gasteiger partial charge in [-0.1, -0.05) is 13.8 Å². The number of hydrogen-bond donors (Lipinski definition) is 2. The zero-order valence-electron chi connectivity index (χ0n) is 8.98. The van der Waals surface area contributed by atoms with Crippen molar-refractivity contribution in [1.82, 2.24) is 5.32 Å². The third-order valence-corrected chi connectivity index (χ3v) is 1.72. The number of nitrogens with two attached hydrogens (primary N) is 1. The summed E-state index contributed by atoms with van der Waals surface area (Å²) in [6.07, 6.45) is 2.56. The molecule has 2 nitrogen and oxygen atoms in total. The van der Waals surface area contributed by atoms with Crippen LogP contribution in [0.3, 0.4) is 0 Å². The minimum Gasteiger partial charge on any atom is -0.324 e. The van der Waals surface area contributed by atoms with Crippen LogP contribution in [0.1, 0.15) is 40.5 Å². The van der Waals surface area contributed by atoms with E-state index >= 15 is 0 Å². The molecule has 0 fully saturated rings. The van der Waals surface area contributed by atoms with Gasteiger partial charge in [0, 0.05) is 12.1 Å². The second-order valence-corrected chi connectivity index (χ2v) is 4.70. The maximum absolute atomic E-state index is 5.81. The summed E-state index contributed by atoms with van der Waals surface area (Å²) in [5.74, 6) is 0.817. The molecule has 0 saturated heterocycles. The Morgan fingerprint density at radius 3 is 2.33 bits per heavy atom. The van der Waals surface area contributed by atoms with E-state index < -0.39 is 0 Å². The van der Waals surface area contributed by atoms with Crippen LogP contribution in [0, 0.1) is 5.92 Å². The Balaban J connectivity index is 3.12. The van der Waals surface area contributed by atoms with Crippen LogP contribution in [-0.2, 0) is 0 Å². The molecule has 0 unspecified atom stereocenters. The first-order chi connectivity index (χ1) is 5.42. The van der Waals surface area contributed by atoms with Crippen molar-refractivity contribution in [2.75, 3.05) is 13.1 Å². The lowest BCUT2D eigenvalue weighted by atomic mass is 10.1. The second-order valence-electron chi connectivity index (χ2n) is 4.70. The van der Waals surface area contributed by atoms with Crippen molar-refractivity contribution in [1.29, 1.82) is 0 Å². The molecule has 74 valence electrons. The molecule has 0 amide bonds. The lowest BCUT2D eigenvalue weighted by Gasteiger charge is -2.19. The van der Waals surface area contributed by atoms with Gasteiger partial charge in [-0.3, -0.25) is 0 Å². The molecule has 0 bridgehead atoms. The van der Waals surface area contributed by atoms with Crippen molar-refractivity contribution >= 4 is 0 Å². The molecule has 0 aliphatic heterocycles. The molecule has 12 heavy (non-hydrogen) atoms. The van der Waals surface area contributed by atoms with E-state index in [0.717, 1.165) is 19.0 Å². The molecular weight excluding hydrogens is 148 g/mol. The zero-order chi connectivity index (χ0) is 9.61. The summed E-state index contributed by atoms with van der Waals surface area (Å²) in [5, 5.41) is 3.36. The van der Waals surface area contributed by atoms with Gasteiger partial charge in [-0.25, -0.2) is 0 Å². The van der Waals surface area contributed by atoms with E-state index in [1.165, 1.54) is 12.8 Å². The van der Waals surface area contributed by atoms with Crippen LogP contribution >= 0.6 is 0 Å². The Hall–Kier alpha value is -0.0800. The van der Waals surface area contributed by atoms with Gasteiger partial charge >= 0.3 is 0 Å². The van der Waals surface area contributed by atoms with Crippen molar-refractivity contribution in [2.24, 2.45) is 11.7 Å². The number of nitrogens with one attached hydrogen (secondary N) is 1. The maximum Gasteiger partial charge on any atom is 0.0223 e. The molecule has 0 aromatic rings. The molecule has 0 radical (unpaired) electrons. The predicted molar refractivity (Wildman–Crippen MR) is 55.2 cm³/mol. The van der Waals surface area contributed by atoms with Crippen molar-refractivity contribution in [3.8, 4) is 0 Å². The first-order valence-electron chi connectivity index (χ1n) is 4.91. The molecule has 0 aromatic heterocycles. The smallest absolute Gasteiger partial charge is 0.0223 e. The highest BCUT2D eigenvalue weighted by molar-refractivity contribution is 4.74. The van der Waals surface area contributed by atoms with Crippen LogP contribution in [0.2, 0.25) is 0 Å². The van der Waals surface area contributed by atoms with Crippen LogP contribution < -0.4 is 11.1 Å². The summed E-state index contributed by atoms with van der Waals surface area (Å²) < 4.78 is 0. The summed E-state index contributed by atoms with van der Waals surface area (Å²) in [7, 11) is 0. The van der Waals surface area contributed by atoms with Crippen LogP contribution in [0.5, 0.6) is 0 Å². The summed E-state index contributed by atoms with van der Waals surface area (Å²) in [6.45, 7) is 10.6. The normalized spacial score (nSPS) is 12.5. The first-order valence-corrected chi connectivity index (χ1v) is 4.91. The Morgan fingerprint density at radius 1 is 1.33 bits per heavy atom. The van der Waals surface area contributed by atoms with Crippen LogP contribution in [0.15, 0.2) is 0 Å². The summed E-state index contributed by atoms with van der Waals surface area (Å²) in [6, 6.07) is 0. The maximum atomic E-state index is 5.81. The third-order valence-electron chi connectivity index (χ3n) is 1.72. The van der Waals surface area contributed by atoms with Crippen molar-refractivity contribution < 1.29 is 0 Å². The van der Waals surface area contributed by atoms with Gasteiger partial charge in [-0.05, 0) is 39.2 Å². The molecule has 0 heterocycles. The van der Waals surface area contributed by atoms with E-state index in [-0.39, 0.29) is 5.54 Å². The van der Waals surface area contributed by atoms with Crippen LogP contribution in [-0.4, -0.2) is 18.6 Å². The van der Waals surface area contributed by atoms with Gasteiger partial charge in [0.2, 0.25) is 0 Å².